The molecule has 0 amide bonds. The summed E-state index contributed by atoms with van der Waals surface area (Å²) in [5, 5.41) is 22.1. The van der Waals surface area contributed by atoms with Crippen molar-refractivity contribution in [3.63, 3.8) is 0 Å². The summed E-state index contributed by atoms with van der Waals surface area (Å²) in [5.74, 6) is 3.37. The Bertz CT molecular complexity index is 1430. The van der Waals surface area contributed by atoms with Gasteiger partial charge in [-0.1, -0.05) is 42.5 Å². The minimum absolute atomic E-state index is 0.0707. The largest absolute Gasteiger partial charge is 0.368 e. The lowest BCUT2D eigenvalue weighted by Gasteiger charge is -2.29. The number of nitrogens with one attached hydrogen (secondary N) is 1. The third-order valence-corrected chi connectivity index (χ3v) is 8.83. The molecule has 0 saturated heterocycles. The SMILES string of the molecule is OC(O)CC1CCC(c2ccc(-c3ccc(C4=NC5C=CC(c6cnc(C7CC7)nc6)=CC5N4)cn3)cc2)CC1. The Labute approximate surface area is 234 Å². The van der Waals surface area contributed by atoms with E-state index in [-0.39, 0.29) is 12.1 Å². The summed E-state index contributed by atoms with van der Waals surface area (Å²) in [5.41, 5.74) is 6.57. The maximum atomic E-state index is 9.25. The van der Waals surface area contributed by atoms with Gasteiger partial charge in [0, 0.05) is 47.6 Å². The second-order valence-electron chi connectivity index (χ2n) is 11.7. The molecule has 2 fully saturated rings. The monoisotopic (exact) mass is 533 g/mol. The van der Waals surface area contributed by atoms with Gasteiger partial charge in [-0.15, -0.1) is 0 Å². The second kappa shape index (κ2) is 10.7. The highest BCUT2D eigenvalue weighted by Crippen LogP contribution is 2.39. The number of allylic oxidation sites excluding steroid dienone is 2. The van der Waals surface area contributed by atoms with E-state index in [4.69, 9.17) is 9.98 Å². The Balaban J connectivity index is 0.980. The van der Waals surface area contributed by atoms with Crippen LogP contribution in [0.15, 0.2) is 78.2 Å². The van der Waals surface area contributed by atoms with Crippen LogP contribution in [0.25, 0.3) is 16.8 Å². The lowest BCUT2D eigenvalue weighted by molar-refractivity contribution is -0.0592. The Morgan fingerprint density at radius 3 is 2.15 bits per heavy atom. The van der Waals surface area contributed by atoms with E-state index in [9.17, 15) is 10.2 Å². The third-order valence-electron chi connectivity index (χ3n) is 8.83. The molecule has 40 heavy (non-hydrogen) atoms. The van der Waals surface area contributed by atoms with Crippen molar-refractivity contribution in [3.8, 4) is 11.3 Å². The fraction of sp³-hybridized carbons (Fsp3) is 0.394. The summed E-state index contributed by atoms with van der Waals surface area (Å²) in [6, 6.07) is 13.1. The smallest absolute Gasteiger partial charge is 0.151 e. The van der Waals surface area contributed by atoms with Gasteiger partial charge in [0.25, 0.3) is 0 Å². The Hall–Kier alpha value is -3.68. The molecule has 1 aliphatic heterocycles. The van der Waals surface area contributed by atoms with Gasteiger partial charge in [0.05, 0.1) is 17.8 Å². The molecule has 204 valence electrons. The van der Waals surface area contributed by atoms with Gasteiger partial charge in [0.1, 0.15) is 11.7 Å². The van der Waals surface area contributed by atoms with E-state index in [0.717, 1.165) is 65.3 Å². The van der Waals surface area contributed by atoms with Crippen molar-refractivity contribution in [1.29, 1.82) is 0 Å². The van der Waals surface area contributed by atoms with Crippen LogP contribution in [-0.2, 0) is 0 Å². The van der Waals surface area contributed by atoms with E-state index in [1.807, 2.05) is 18.6 Å². The van der Waals surface area contributed by atoms with E-state index in [1.54, 1.807) is 0 Å². The number of pyridine rings is 1. The number of amidine groups is 1. The highest BCUT2D eigenvalue weighted by Gasteiger charge is 2.30. The average molecular weight is 534 g/mol. The first kappa shape index (κ1) is 25.3. The van der Waals surface area contributed by atoms with Gasteiger partial charge in [-0.2, -0.15) is 0 Å². The van der Waals surface area contributed by atoms with E-state index in [2.05, 4.69) is 69.9 Å². The van der Waals surface area contributed by atoms with Gasteiger partial charge >= 0.3 is 0 Å². The molecule has 2 aromatic heterocycles. The molecule has 3 aromatic rings. The van der Waals surface area contributed by atoms with Crippen LogP contribution in [0.5, 0.6) is 0 Å². The molecular formula is C33H35N5O2. The first-order chi connectivity index (χ1) is 19.6. The summed E-state index contributed by atoms with van der Waals surface area (Å²) < 4.78 is 0. The van der Waals surface area contributed by atoms with Gasteiger partial charge in [-0.3, -0.25) is 9.98 Å². The summed E-state index contributed by atoms with van der Waals surface area (Å²) >= 11 is 0. The van der Waals surface area contributed by atoms with Crippen LogP contribution >= 0.6 is 0 Å². The zero-order valence-electron chi connectivity index (χ0n) is 22.5. The van der Waals surface area contributed by atoms with Crippen molar-refractivity contribution in [3.05, 3.63) is 95.7 Å². The van der Waals surface area contributed by atoms with Crippen LogP contribution < -0.4 is 5.32 Å². The molecule has 0 radical (unpaired) electrons. The number of aromatic nitrogens is 3. The fourth-order valence-electron chi connectivity index (χ4n) is 6.31. The fourth-order valence-corrected chi connectivity index (χ4v) is 6.31. The van der Waals surface area contributed by atoms with Crippen molar-refractivity contribution < 1.29 is 10.2 Å². The third kappa shape index (κ3) is 5.36. The van der Waals surface area contributed by atoms with E-state index in [1.165, 1.54) is 18.4 Å². The summed E-state index contributed by atoms with van der Waals surface area (Å²) in [6.07, 6.45) is 18.3. The Kier molecular flexibility index (Phi) is 6.77. The highest BCUT2D eigenvalue weighted by molar-refractivity contribution is 6.01. The molecule has 2 unspecified atom stereocenters. The maximum Gasteiger partial charge on any atom is 0.151 e. The molecule has 3 heterocycles. The predicted octanol–water partition coefficient (Wildman–Crippen LogP) is 5.13. The number of hydrogen-bond donors (Lipinski definition) is 3. The predicted molar refractivity (Wildman–Crippen MR) is 156 cm³/mol. The molecule has 0 spiro atoms. The first-order valence-corrected chi connectivity index (χ1v) is 14.6. The van der Waals surface area contributed by atoms with Gasteiger partial charge in [-0.25, -0.2) is 9.97 Å². The molecule has 1 aromatic carbocycles. The second-order valence-corrected chi connectivity index (χ2v) is 11.7. The van der Waals surface area contributed by atoms with Crippen molar-refractivity contribution >= 4 is 11.4 Å². The number of aliphatic imine (C=N–C) groups is 1. The molecule has 3 N–H and O–H groups in total. The maximum absolute atomic E-state index is 9.25. The number of nitrogens with zero attached hydrogens (tertiary/aromatic N) is 4. The zero-order chi connectivity index (χ0) is 27.1. The van der Waals surface area contributed by atoms with Gasteiger partial charge in [-0.05, 0) is 73.6 Å². The van der Waals surface area contributed by atoms with Crippen LogP contribution in [0.4, 0.5) is 0 Å². The normalized spacial score (nSPS) is 25.8. The highest BCUT2D eigenvalue weighted by atomic mass is 16.5. The lowest BCUT2D eigenvalue weighted by atomic mass is 9.77. The van der Waals surface area contributed by atoms with Crippen LogP contribution in [0, 0.1) is 5.92 Å². The van der Waals surface area contributed by atoms with Crippen molar-refractivity contribution in [2.75, 3.05) is 0 Å². The average Bonchev–Trinajstić information content (AvgIpc) is 3.76. The molecule has 2 atom stereocenters. The lowest BCUT2D eigenvalue weighted by Crippen LogP contribution is -2.33. The molecule has 4 aliphatic rings. The molecule has 7 heteroatoms. The van der Waals surface area contributed by atoms with E-state index >= 15 is 0 Å². The number of fused-ring (bicyclic) bond motifs is 1. The summed E-state index contributed by atoms with van der Waals surface area (Å²) in [6.45, 7) is 0. The Morgan fingerprint density at radius 1 is 0.775 bits per heavy atom. The zero-order valence-corrected chi connectivity index (χ0v) is 22.5. The topological polar surface area (TPSA) is 104 Å². The van der Waals surface area contributed by atoms with Crippen molar-refractivity contribution in [2.45, 2.75) is 75.2 Å². The van der Waals surface area contributed by atoms with Gasteiger partial charge in [0.15, 0.2) is 6.29 Å². The summed E-state index contributed by atoms with van der Waals surface area (Å²) in [7, 11) is 0. The van der Waals surface area contributed by atoms with Gasteiger partial charge in [0.2, 0.25) is 0 Å². The van der Waals surface area contributed by atoms with Crippen LogP contribution in [0.2, 0.25) is 0 Å². The summed E-state index contributed by atoms with van der Waals surface area (Å²) in [4.78, 5) is 18.8. The van der Waals surface area contributed by atoms with Crippen LogP contribution in [0.1, 0.15) is 79.3 Å². The molecule has 7 rings (SSSR count). The van der Waals surface area contributed by atoms with E-state index in [0.29, 0.717) is 24.2 Å². The molecule has 2 saturated carbocycles. The number of hydrogen-bond acceptors (Lipinski definition) is 7. The number of aliphatic hydroxyl groups excluding tert-OH is 1. The molecule has 3 aliphatic carbocycles. The van der Waals surface area contributed by atoms with Crippen molar-refractivity contribution in [2.24, 2.45) is 10.9 Å². The molecule has 7 nitrogen and oxygen atoms in total. The molecule has 0 bridgehead atoms. The number of aliphatic hydroxyl groups is 2. The standard InChI is InChI=1S/C33H35N5O2/c39-31(40)15-20-1-3-21(4-2-20)22-5-7-23(8-6-22)28-13-12-26(17-34-28)33-37-29-14-11-25(16-30(29)38-33)27-18-35-32(36-19-27)24-9-10-24/h5-8,11-14,16-21,24,29-31,39-40H,1-4,9-10,15H2,(H,37,38). The number of rotatable bonds is 7. The van der Waals surface area contributed by atoms with Crippen molar-refractivity contribution in [1.82, 2.24) is 20.3 Å². The van der Waals surface area contributed by atoms with Crippen LogP contribution in [0.3, 0.4) is 0 Å². The minimum atomic E-state index is -1.18. The molecular weight excluding hydrogens is 498 g/mol. The Morgan fingerprint density at radius 2 is 1.48 bits per heavy atom. The minimum Gasteiger partial charge on any atom is -0.368 e. The quantitative estimate of drug-likeness (QED) is 0.364. The van der Waals surface area contributed by atoms with Gasteiger partial charge < -0.3 is 15.5 Å². The number of benzene rings is 1. The first-order valence-electron chi connectivity index (χ1n) is 14.6. The van der Waals surface area contributed by atoms with E-state index < -0.39 is 6.29 Å². The van der Waals surface area contributed by atoms with Crippen LogP contribution in [-0.4, -0.2) is 49.4 Å².